The van der Waals surface area contributed by atoms with Crippen molar-refractivity contribution in [2.24, 2.45) is 5.92 Å². The Morgan fingerprint density at radius 1 is 1.85 bits per heavy atom. The van der Waals surface area contributed by atoms with Crippen molar-refractivity contribution in [3.05, 3.63) is 0 Å². The lowest BCUT2D eigenvalue weighted by atomic mass is 10.1. The number of amides is 1. The van der Waals surface area contributed by atoms with E-state index >= 15 is 0 Å². The van der Waals surface area contributed by atoms with E-state index in [1.54, 1.807) is 4.90 Å². The number of likely N-dealkylation sites (tertiary alicyclic amines) is 1. The Morgan fingerprint density at radius 3 is 3.08 bits per heavy atom. The Kier molecular flexibility index (Phi) is 3.61. The van der Waals surface area contributed by atoms with Gasteiger partial charge in [0.1, 0.15) is 6.04 Å². The van der Waals surface area contributed by atoms with Crippen molar-refractivity contribution >= 4 is 18.5 Å². The van der Waals surface area contributed by atoms with Gasteiger partial charge in [-0.3, -0.25) is 4.79 Å². The lowest BCUT2D eigenvalue weighted by molar-refractivity contribution is -0.134. The van der Waals surface area contributed by atoms with Crippen molar-refractivity contribution in [3.63, 3.8) is 0 Å². The van der Waals surface area contributed by atoms with Crippen LogP contribution < -0.4 is 0 Å². The van der Waals surface area contributed by atoms with Gasteiger partial charge in [-0.1, -0.05) is 6.92 Å². The number of carbonyl (C=O) groups is 1. The number of hydrogen-bond acceptors (Lipinski definition) is 3. The van der Waals surface area contributed by atoms with E-state index in [0.29, 0.717) is 5.75 Å². The summed E-state index contributed by atoms with van der Waals surface area (Å²) in [6.07, 6.45) is 1.77. The third kappa shape index (κ3) is 2.16. The molecule has 1 heterocycles. The Morgan fingerprint density at radius 2 is 2.54 bits per heavy atom. The molecule has 0 aromatic heterocycles. The lowest BCUT2D eigenvalue weighted by Crippen LogP contribution is -2.38. The molecule has 72 valence electrons. The molecule has 0 aromatic carbocycles. The summed E-state index contributed by atoms with van der Waals surface area (Å²) in [5.74, 6) is 0.546. The van der Waals surface area contributed by atoms with Gasteiger partial charge in [-0.25, -0.2) is 0 Å². The van der Waals surface area contributed by atoms with Crippen LogP contribution in [0.1, 0.15) is 19.8 Å². The topological polar surface area (TPSA) is 44.1 Å². The van der Waals surface area contributed by atoms with Crippen molar-refractivity contribution in [2.45, 2.75) is 25.8 Å². The van der Waals surface area contributed by atoms with Crippen LogP contribution in [-0.2, 0) is 4.79 Å². The highest BCUT2D eigenvalue weighted by atomic mass is 32.1. The minimum absolute atomic E-state index is 0.0686. The molecule has 13 heavy (non-hydrogen) atoms. The van der Waals surface area contributed by atoms with E-state index in [-0.39, 0.29) is 17.9 Å². The minimum atomic E-state index is -0.199. The maximum atomic E-state index is 11.7. The van der Waals surface area contributed by atoms with Gasteiger partial charge in [0, 0.05) is 18.2 Å². The zero-order chi connectivity index (χ0) is 9.84. The highest BCUT2D eigenvalue weighted by molar-refractivity contribution is 7.80. The van der Waals surface area contributed by atoms with E-state index in [1.807, 2.05) is 6.92 Å². The first-order valence-corrected chi connectivity index (χ1v) is 5.15. The SMILES string of the molecule is CC(CS)C(=O)N1CCCC1C#N. The first kappa shape index (κ1) is 10.4. The summed E-state index contributed by atoms with van der Waals surface area (Å²) >= 11 is 4.08. The Labute approximate surface area is 84.1 Å². The van der Waals surface area contributed by atoms with Gasteiger partial charge in [0.25, 0.3) is 0 Å². The molecule has 1 aliphatic heterocycles. The number of thiol groups is 1. The fourth-order valence-corrected chi connectivity index (χ4v) is 1.68. The molecule has 1 aliphatic rings. The zero-order valence-electron chi connectivity index (χ0n) is 7.73. The van der Waals surface area contributed by atoms with E-state index in [1.165, 1.54) is 0 Å². The predicted octanol–water partition coefficient (Wildman–Crippen LogP) is 1.07. The lowest BCUT2D eigenvalue weighted by Gasteiger charge is -2.22. The standard InChI is InChI=1S/C9H14N2OS/c1-7(6-13)9(12)11-4-2-3-8(11)5-10/h7-8,13H,2-4,6H2,1H3. The Hall–Kier alpha value is -0.690. The summed E-state index contributed by atoms with van der Waals surface area (Å²) in [7, 11) is 0. The molecule has 1 fully saturated rings. The molecule has 4 heteroatoms. The van der Waals surface area contributed by atoms with E-state index in [0.717, 1.165) is 19.4 Å². The van der Waals surface area contributed by atoms with E-state index < -0.39 is 0 Å². The second-order valence-corrected chi connectivity index (χ2v) is 3.77. The largest absolute Gasteiger partial charge is 0.326 e. The summed E-state index contributed by atoms with van der Waals surface area (Å²) in [6.45, 7) is 2.58. The Balaban J connectivity index is 2.61. The summed E-state index contributed by atoms with van der Waals surface area (Å²) < 4.78 is 0. The fraction of sp³-hybridized carbons (Fsp3) is 0.778. The number of nitriles is 1. The van der Waals surface area contributed by atoms with E-state index in [4.69, 9.17) is 5.26 Å². The average Bonchev–Trinajstić information content (AvgIpc) is 2.62. The van der Waals surface area contributed by atoms with Crippen molar-refractivity contribution in [2.75, 3.05) is 12.3 Å². The van der Waals surface area contributed by atoms with Gasteiger partial charge in [0.2, 0.25) is 5.91 Å². The highest BCUT2D eigenvalue weighted by Crippen LogP contribution is 2.19. The maximum Gasteiger partial charge on any atom is 0.227 e. The third-order valence-corrected chi connectivity index (χ3v) is 2.93. The first-order chi connectivity index (χ1) is 6.20. The predicted molar refractivity (Wildman–Crippen MR) is 53.4 cm³/mol. The molecular weight excluding hydrogens is 184 g/mol. The molecule has 1 saturated heterocycles. The van der Waals surface area contributed by atoms with E-state index in [9.17, 15) is 4.79 Å². The number of carbonyl (C=O) groups excluding carboxylic acids is 1. The Bertz CT molecular complexity index is 236. The monoisotopic (exact) mass is 198 g/mol. The molecule has 0 aromatic rings. The van der Waals surface area contributed by atoms with Crippen LogP contribution in [0.4, 0.5) is 0 Å². The molecule has 1 amide bonds. The van der Waals surface area contributed by atoms with Gasteiger partial charge in [-0.05, 0) is 12.8 Å². The molecule has 0 aliphatic carbocycles. The molecular formula is C9H14N2OS. The zero-order valence-corrected chi connectivity index (χ0v) is 8.63. The molecule has 1 rings (SSSR count). The number of rotatable bonds is 2. The van der Waals surface area contributed by atoms with Crippen LogP contribution in [0.25, 0.3) is 0 Å². The fourth-order valence-electron chi connectivity index (χ4n) is 1.53. The van der Waals surface area contributed by atoms with E-state index in [2.05, 4.69) is 18.7 Å². The molecule has 0 N–H and O–H groups in total. The van der Waals surface area contributed by atoms with Gasteiger partial charge in [-0.15, -0.1) is 0 Å². The van der Waals surface area contributed by atoms with Gasteiger partial charge >= 0.3 is 0 Å². The second kappa shape index (κ2) is 4.52. The van der Waals surface area contributed by atoms with Crippen molar-refractivity contribution in [1.29, 1.82) is 5.26 Å². The summed E-state index contributed by atoms with van der Waals surface area (Å²) in [5, 5.41) is 8.78. The normalized spacial score (nSPS) is 24.1. The quantitative estimate of drug-likeness (QED) is 0.674. The van der Waals surface area contributed by atoms with Crippen LogP contribution >= 0.6 is 12.6 Å². The highest BCUT2D eigenvalue weighted by Gasteiger charge is 2.30. The minimum Gasteiger partial charge on any atom is -0.326 e. The molecule has 0 radical (unpaired) electrons. The average molecular weight is 198 g/mol. The van der Waals surface area contributed by atoms with Crippen molar-refractivity contribution < 1.29 is 4.79 Å². The molecule has 0 saturated carbocycles. The third-order valence-electron chi connectivity index (χ3n) is 2.38. The van der Waals surface area contributed by atoms with Crippen LogP contribution in [0.3, 0.4) is 0 Å². The van der Waals surface area contributed by atoms with Crippen LogP contribution in [0.5, 0.6) is 0 Å². The maximum absolute atomic E-state index is 11.7. The molecule has 0 spiro atoms. The molecule has 0 bridgehead atoms. The van der Waals surface area contributed by atoms with Crippen LogP contribution in [0.2, 0.25) is 0 Å². The molecule has 2 atom stereocenters. The van der Waals surface area contributed by atoms with Crippen LogP contribution in [-0.4, -0.2) is 29.1 Å². The van der Waals surface area contributed by atoms with Crippen LogP contribution in [0, 0.1) is 17.2 Å². The van der Waals surface area contributed by atoms with Gasteiger partial charge in [-0.2, -0.15) is 17.9 Å². The molecule has 3 nitrogen and oxygen atoms in total. The second-order valence-electron chi connectivity index (χ2n) is 3.40. The molecule has 2 unspecified atom stereocenters. The summed E-state index contributed by atoms with van der Waals surface area (Å²) in [5.41, 5.74) is 0. The summed E-state index contributed by atoms with van der Waals surface area (Å²) in [6, 6.07) is 1.95. The number of nitrogens with zero attached hydrogens (tertiary/aromatic N) is 2. The summed E-state index contributed by atoms with van der Waals surface area (Å²) in [4.78, 5) is 13.4. The van der Waals surface area contributed by atoms with Crippen molar-refractivity contribution in [1.82, 2.24) is 4.90 Å². The van der Waals surface area contributed by atoms with Crippen LogP contribution in [0.15, 0.2) is 0 Å². The van der Waals surface area contributed by atoms with Gasteiger partial charge < -0.3 is 4.90 Å². The van der Waals surface area contributed by atoms with Gasteiger partial charge in [0.05, 0.1) is 6.07 Å². The van der Waals surface area contributed by atoms with Crippen molar-refractivity contribution in [3.8, 4) is 6.07 Å². The number of hydrogen-bond donors (Lipinski definition) is 1. The smallest absolute Gasteiger partial charge is 0.227 e. The van der Waals surface area contributed by atoms with Gasteiger partial charge in [0.15, 0.2) is 0 Å². The first-order valence-electron chi connectivity index (χ1n) is 4.51.